The summed E-state index contributed by atoms with van der Waals surface area (Å²) < 4.78 is 73.0. The number of carbonyl (C=O) groups excluding carboxylic acids is 1. The van der Waals surface area contributed by atoms with E-state index in [1.807, 2.05) is 0 Å². The fraction of sp³-hybridized carbons (Fsp3) is 0.694. The van der Waals surface area contributed by atoms with Crippen LogP contribution in [0.1, 0.15) is 137 Å². The minimum absolute atomic E-state index is 0.0177. The monoisotopic (exact) mass is 690 g/mol. The lowest BCUT2D eigenvalue weighted by molar-refractivity contribution is -0.156. The average Bonchev–Trinajstić information content (AvgIpc) is 3.32. The van der Waals surface area contributed by atoms with Gasteiger partial charge in [0.05, 0.1) is 23.1 Å². The van der Waals surface area contributed by atoms with E-state index in [1.165, 1.54) is 19.2 Å². The zero-order chi connectivity index (χ0) is 34.9. The number of carbonyl (C=O) groups is 1. The third kappa shape index (κ3) is 6.36. The second kappa shape index (κ2) is 12.4. The second-order valence-corrected chi connectivity index (χ2v) is 20.9. The van der Waals surface area contributed by atoms with E-state index in [9.17, 15) is 18.0 Å². The van der Waals surface area contributed by atoms with Crippen LogP contribution in [0.15, 0.2) is 18.3 Å². The fourth-order valence-corrected chi connectivity index (χ4v) is 8.93. The summed E-state index contributed by atoms with van der Waals surface area (Å²) in [4.78, 5) is 22.0. The molecule has 6 rings (SSSR count). The van der Waals surface area contributed by atoms with Crippen LogP contribution in [0.25, 0.3) is 0 Å². The van der Waals surface area contributed by atoms with Crippen LogP contribution in [-0.4, -0.2) is 50.7 Å². The number of nitrogens with zero attached hydrogens (tertiary/aromatic N) is 2. The number of alkyl halides is 3. The number of rotatable bonds is 5. The molecule has 264 valence electrons. The van der Waals surface area contributed by atoms with E-state index in [2.05, 4.69) is 52.7 Å². The normalized spacial score (nSPS) is 25.9. The Kier molecular flexibility index (Phi) is 9.18. The van der Waals surface area contributed by atoms with Gasteiger partial charge >= 0.3 is 12.1 Å². The van der Waals surface area contributed by atoms with E-state index in [0.29, 0.717) is 56.9 Å². The number of pyridine rings is 2. The Balaban J connectivity index is 1.66. The molecule has 0 N–H and O–H groups in total. The van der Waals surface area contributed by atoms with Crippen LogP contribution in [-0.2, 0) is 39.9 Å². The molecule has 0 amide bonds. The van der Waals surface area contributed by atoms with Crippen molar-refractivity contribution in [2.45, 2.75) is 128 Å². The minimum atomic E-state index is -4.56. The third-order valence-electron chi connectivity index (χ3n) is 11.2. The molecular weight excluding hydrogens is 641 g/mol. The highest BCUT2D eigenvalue weighted by Gasteiger charge is 2.56. The SMILES string of the molecule is CC(=O)O[C@H]1c2nc(C3CCOCC3)c3c(c2C(O[Si](C)(C)C(C)(C)C)CC1(C)C)C1(CCOCC1)O[C@@H]3c1ccc(C(F)(F)F)nc1. The van der Waals surface area contributed by atoms with E-state index in [1.54, 1.807) is 0 Å². The van der Waals surface area contributed by atoms with Crippen molar-refractivity contribution < 1.29 is 41.3 Å². The number of esters is 1. The summed E-state index contributed by atoms with van der Waals surface area (Å²) in [6, 6.07) is 2.50. The Labute approximate surface area is 282 Å². The van der Waals surface area contributed by atoms with Crippen molar-refractivity contribution in [3.63, 3.8) is 0 Å². The number of halogens is 3. The summed E-state index contributed by atoms with van der Waals surface area (Å²) in [7, 11) is -2.36. The zero-order valence-corrected chi connectivity index (χ0v) is 30.4. The van der Waals surface area contributed by atoms with Crippen molar-refractivity contribution in [1.82, 2.24) is 9.97 Å². The summed E-state index contributed by atoms with van der Waals surface area (Å²) in [5, 5.41) is -0.0794. The molecule has 4 aliphatic rings. The first-order valence-corrected chi connectivity index (χ1v) is 20.0. The third-order valence-corrected chi connectivity index (χ3v) is 15.7. The van der Waals surface area contributed by atoms with Gasteiger partial charge in [-0.15, -0.1) is 0 Å². The molecule has 1 spiro atoms. The Hall–Kier alpha value is -2.38. The van der Waals surface area contributed by atoms with E-state index in [0.717, 1.165) is 41.3 Å². The van der Waals surface area contributed by atoms with Gasteiger partial charge in [-0.25, -0.2) is 0 Å². The highest BCUT2D eigenvalue weighted by Crippen LogP contribution is 2.61. The van der Waals surface area contributed by atoms with Crippen LogP contribution in [0.3, 0.4) is 0 Å². The van der Waals surface area contributed by atoms with Crippen molar-refractivity contribution >= 4 is 14.3 Å². The molecule has 5 heterocycles. The van der Waals surface area contributed by atoms with Gasteiger partial charge in [-0.3, -0.25) is 14.8 Å². The summed E-state index contributed by atoms with van der Waals surface area (Å²) in [5.41, 5.74) is 2.59. The number of ether oxygens (including phenoxy) is 4. The average molecular weight is 691 g/mol. The number of hydrogen-bond donors (Lipinski definition) is 0. The first-order chi connectivity index (χ1) is 22.3. The smallest absolute Gasteiger partial charge is 0.433 e. The molecule has 0 bridgehead atoms. The molecule has 1 aliphatic carbocycles. The maximum atomic E-state index is 13.6. The first kappa shape index (κ1) is 35.4. The predicted molar refractivity (Wildman–Crippen MR) is 175 cm³/mol. The molecule has 0 radical (unpaired) electrons. The second-order valence-electron chi connectivity index (χ2n) is 16.1. The predicted octanol–water partition coefficient (Wildman–Crippen LogP) is 8.61. The molecule has 2 aromatic heterocycles. The highest BCUT2D eigenvalue weighted by atomic mass is 28.4. The van der Waals surface area contributed by atoms with Crippen LogP contribution in [0, 0.1) is 5.41 Å². The van der Waals surface area contributed by atoms with Gasteiger partial charge in [-0.2, -0.15) is 13.2 Å². The molecule has 3 atom stereocenters. The van der Waals surface area contributed by atoms with Gasteiger partial charge < -0.3 is 23.4 Å². The van der Waals surface area contributed by atoms with Crippen molar-refractivity contribution in [2.75, 3.05) is 26.4 Å². The standard InChI is InChI=1S/C36H49F3N2O6Si/c1-21(42)45-32-30-26(24(19-34(32,5)6)47-48(7,8)33(2,3)4)28-27(29(41-30)22-11-15-43-16-12-22)31(46-35(28)13-17-44-18-14-35)23-9-10-25(40-20-23)36(37,38)39/h9-10,20,22,24,31-32H,11-19H2,1-8H3/t24?,31-,32+/m1/s1. The van der Waals surface area contributed by atoms with Gasteiger partial charge in [0.25, 0.3) is 0 Å². The molecule has 2 fully saturated rings. The van der Waals surface area contributed by atoms with E-state index < -0.39 is 43.4 Å². The number of fused-ring (bicyclic) bond motifs is 4. The molecule has 8 nitrogen and oxygen atoms in total. The Bertz CT molecular complexity index is 1530. The largest absolute Gasteiger partial charge is 0.455 e. The van der Waals surface area contributed by atoms with Crippen molar-refractivity contribution in [3.8, 4) is 0 Å². The Morgan fingerprint density at radius 1 is 0.979 bits per heavy atom. The van der Waals surface area contributed by atoms with Crippen molar-refractivity contribution in [3.05, 3.63) is 57.7 Å². The van der Waals surface area contributed by atoms with Crippen LogP contribution < -0.4 is 0 Å². The van der Waals surface area contributed by atoms with Gasteiger partial charge in [-0.1, -0.05) is 40.7 Å². The quantitative estimate of drug-likeness (QED) is 0.228. The molecule has 48 heavy (non-hydrogen) atoms. The molecule has 0 saturated carbocycles. The highest BCUT2D eigenvalue weighted by molar-refractivity contribution is 6.74. The summed E-state index contributed by atoms with van der Waals surface area (Å²) >= 11 is 0. The first-order valence-electron chi connectivity index (χ1n) is 17.1. The van der Waals surface area contributed by atoms with Gasteiger partial charge in [0.1, 0.15) is 17.9 Å². The lowest BCUT2D eigenvalue weighted by Crippen LogP contribution is -2.46. The molecular formula is C36H49F3N2O6Si. The minimum Gasteiger partial charge on any atom is -0.455 e. The van der Waals surface area contributed by atoms with E-state index in [4.69, 9.17) is 28.4 Å². The van der Waals surface area contributed by atoms with Crippen molar-refractivity contribution in [1.29, 1.82) is 0 Å². The summed E-state index contributed by atoms with van der Waals surface area (Å²) in [5.74, 6) is -0.368. The molecule has 0 aromatic carbocycles. The summed E-state index contributed by atoms with van der Waals surface area (Å²) in [6.45, 7) is 18.8. The Morgan fingerprint density at radius 2 is 1.62 bits per heavy atom. The van der Waals surface area contributed by atoms with Crippen molar-refractivity contribution in [2.24, 2.45) is 5.41 Å². The maximum absolute atomic E-state index is 13.6. The van der Waals surface area contributed by atoms with Gasteiger partial charge in [0.2, 0.25) is 0 Å². The molecule has 12 heteroatoms. The summed E-state index contributed by atoms with van der Waals surface area (Å²) in [6.07, 6.45) is -1.78. The number of hydrogen-bond acceptors (Lipinski definition) is 8. The lowest BCUT2D eigenvalue weighted by atomic mass is 9.68. The van der Waals surface area contributed by atoms with Crippen LogP contribution in [0.4, 0.5) is 13.2 Å². The Morgan fingerprint density at radius 3 is 2.19 bits per heavy atom. The molecule has 1 unspecified atom stereocenters. The molecule has 2 aromatic rings. The fourth-order valence-electron chi connectivity index (χ4n) is 7.66. The van der Waals surface area contributed by atoms with Crippen LogP contribution >= 0.6 is 0 Å². The topological polar surface area (TPSA) is 89.0 Å². The van der Waals surface area contributed by atoms with E-state index in [-0.39, 0.29) is 23.0 Å². The van der Waals surface area contributed by atoms with Crippen LogP contribution in [0.2, 0.25) is 18.1 Å². The lowest BCUT2D eigenvalue weighted by Gasteiger charge is -2.48. The van der Waals surface area contributed by atoms with Gasteiger partial charge in [-0.05, 0) is 49.0 Å². The van der Waals surface area contributed by atoms with Gasteiger partial charge in [0.15, 0.2) is 8.32 Å². The van der Waals surface area contributed by atoms with Crippen LogP contribution in [0.5, 0.6) is 0 Å². The van der Waals surface area contributed by atoms with Gasteiger partial charge in [0, 0.05) is 80.4 Å². The molecule has 2 saturated heterocycles. The number of aromatic nitrogens is 2. The molecule has 3 aliphatic heterocycles. The van der Waals surface area contributed by atoms with E-state index >= 15 is 0 Å². The maximum Gasteiger partial charge on any atom is 0.433 e. The zero-order valence-electron chi connectivity index (χ0n) is 29.4.